The lowest BCUT2D eigenvalue weighted by Crippen LogP contribution is -2.58. The van der Waals surface area contributed by atoms with Gasteiger partial charge >= 0.3 is 0 Å². The van der Waals surface area contributed by atoms with Gasteiger partial charge in [0, 0.05) is 24.4 Å². The highest BCUT2D eigenvalue weighted by molar-refractivity contribution is 5.22. The first-order valence-corrected chi connectivity index (χ1v) is 6.66. The summed E-state index contributed by atoms with van der Waals surface area (Å²) in [4.78, 5) is 0. The molecular weight excluding hydrogens is 231 g/mol. The summed E-state index contributed by atoms with van der Waals surface area (Å²) in [5, 5.41) is 6.85. The molecule has 0 bridgehead atoms. The Balaban J connectivity index is 1.80. The molecule has 0 aromatic heterocycles. The van der Waals surface area contributed by atoms with Gasteiger partial charge in [0.15, 0.2) is 0 Å². The van der Waals surface area contributed by atoms with E-state index in [1.165, 1.54) is 6.07 Å². The van der Waals surface area contributed by atoms with E-state index in [1.807, 2.05) is 12.1 Å². The minimum absolute atomic E-state index is 0.0676. The van der Waals surface area contributed by atoms with E-state index in [4.69, 9.17) is 4.74 Å². The fraction of sp³-hybridized carbons (Fsp3) is 0.571. The number of piperidine rings is 1. The van der Waals surface area contributed by atoms with Crippen LogP contribution in [0.4, 0.5) is 4.39 Å². The van der Waals surface area contributed by atoms with Crippen LogP contribution in [0.3, 0.4) is 0 Å². The van der Waals surface area contributed by atoms with E-state index in [0.29, 0.717) is 6.61 Å². The number of hydrogen-bond acceptors (Lipinski definition) is 3. The maximum Gasteiger partial charge on any atom is 0.127 e. The molecule has 3 rings (SSSR count). The highest BCUT2D eigenvalue weighted by Gasteiger charge is 2.38. The summed E-state index contributed by atoms with van der Waals surface area (Å²) in [6.07, 6.45) is 2.71. The van der Waals surface area contributed by atoms with Gasteiger partial charge in [-0.15, -0.1) is 0 Å². The van der Waals surface area contributed by atoms with E-state index in [9.17, 15) is 4.39 Å². The largest absolute Gasteiger partial charge is 0.360 e. The van der Waals surface area contributed by atoms with Crippen LogP contribution in [-0.4, -0.2) is 25.4 Å². The molecule has 1 aromatic carbocycles. The first-order valence-electron chi connectivity index (χ1n) is 6.66. The van der Waals surface area contributed by atoms with Crippen LogP contribution in [0.2, 0.25) is 0 Å². The Bertz CT molecular complexity index is 413. The molecule has 4 heteroatoms. The molecule has 2 aliphatic heterocycles. The minimum Gasteiger partial charge on any atom is -0.360 e. The molecule has 2 fully saturated rings. The van der Waals surface area contributed by atoms with Gasteiger partial charge in [-0.25, -0.2) is 4.39 Å². The minimum atomic E-state index is -0.254. The highest BCUT2D eigenvalue weighted by atomic mass is 19.1. The molecule has 0 radical (unpaired) electrons. The van der Waals surface area contributed by atoms with Crippen molar-refractivity contribution >= 4 is 0 Å². The summed E-state index contributed by atoms with van der Waals surface area (Å²) < 4.78 is 19.8. The third-order valence-corrected chi connectivity index (χ3v) is 3.91. The molecule has 18 heavy (non-hydrogen) atoms. The zero-order valence-electron chi connectivity index (χ0n) is 10.4. The van der Waals surface area contributed by atoms with Crippen LogP contribution < -0.4 is 10.6 Å². The third kappa shape index (κ3) is 2.28. The van der Waals surface area contributed by atoms with Gasteiger partial charge in [0.25, 0.3) is 0 Å². The second-order valence-corrected chi connectivity index (χ2v) is 5.10. The summed E-state index contributed by atoms with van der Waals surface area (Å²) in [6.45, 7) is 2.61. The lowest BCUT2D eigenvalue weighted by Gasteiger charge is -2.45. The Labute approximate surface area is 107 Å². The Morgan fingerprint density at radius 2 is 2.00 bits per heavy atom. The van der Waals surface area contributed by atoms with Crippen molar-refractivity contribution in [1.29, 1.82) is 0 Å². The topological polar surface area (TPSA) is 33.3 Å². The molecule has 2 saturated heterocycles. The summed E-state index contributed by atoms with van der Waals surface area (Å²) in [6, 6.07) is 7.09. The van der Waals surface area contributed by atoms with E-state index in [1.54, 1.807) is 6.07 Å². The lowest BCUT2D eigenvalue weighted by molar-refractivity contribution is -0.127. The molecule has 0 saturated carbocycles. The molecule has 0 aliphatic carbocycles. The normalized spacial score (nSPS) is 27.3. The monoisotopic (exact) mass is 250 g/mol. The van der Waals surface area contributed by atoms with Crippen molar-refractivity contribution in [3.8, 4) is 0 Å². The number of ether oxygens (including phenoxy) is 1. The van der Waals surface area contributed by atoms with Crippen LogP contribution >= 0.6 is 0 Å². The average Bonchev–Trinajstić information content (AvgIpc) is 2.40. The summed E-state index contributed by atoms with van der Waals surface area (Å²) in [7, 11) is 0. The van der Waals surface area contributed by atoms with E-state index in [0.717, 1.165) is 37.9 Å². The molecule has 98 valence electrons. The van der Waals surface area contributed by atoms with Crippen LogP contribution in [-0.2, 0) is 4.74 Å². The molecule has 1 aromatic rings. The summed E-state index contributed by atoms with van der Waals surface area (Å²) >= 11 is 0. The quantitative estimate of drug-likeness (QED) is 0.799. The van der Waals surface area contributed by atoms with Crippen LogP contribution in [0.25, 0.3) is 0 Å². The van der Waals surface area contributed by atoms with Gasteiger partial charge in [-0.3, -0.25) is 5.32 Å². The fourth-order valence-electron chi connectivity index (χ4n) is 2.91. The average molecular weight is 250 g/mol. The molecule has 2 aliphatic rings. The van der Waals surface area contributed by atoms with Crippen molar-refractivity contribution in [2.24, 2.45) is 0 Å². The molecule has 1 spiro atoms. The van der Waals surface area contributed by atoms with Crippen LogP contribution in [0.1, 0.15) is 30.9 Å². The van der Waals surface area contributed by atoms with Gasteiger partial charge in [-0.1, -0.05) is 18.2 Å². The number of benzene rings is 1. The molecular formula is C14H19FN2O. The number of nitrogens with one attached hydrogen (secondary N) is 2. The van der Waals surface area contributed by atoms with Gasteiger partial charge in [0.05, 0.1) is 6.61 Å². The summed E-state index contributed by atoms with van der Waals surface area (Å²) in [5.41, 5.74) is 0.509. The first kappa shape index (κ1) is 12.1. The highest BCUT2D eigenvalue weighted by Crippen LogP contribution is 2.32. The van der Waals surface area contributed by atoms with Crippen LogP contribution in [0.15, 0.2) is 24.3 Å². The molecule has 1 atom stereocenters. The zero-order chi connectivity index (χ0) is 12.4. The lowest BCUT2D eigenvalue weighted by atomic mass is 9.94. The van der Waals surface area contributed by atoms with Gasteiger partial charge in [-0.05, 0) is 25.6 Å². The van der Waals surface area contributed by atoms with Crippen molar-refractivity contribution in [3.05, 3.63) is 35.6 Å². The zero-order valence-corrected chi connectivity index (χ0v) is 10.4. The van der Waals surface area contributed by atoms with E-state index in [2.05, 4.69) is 10.6 Å². The molecule has 3 nitrogen and oxygen atoms in total. The number of halogens is 1. The van der Waals surface area contributed by atoms with Gasteiger partial charge < -0.3 is 10.1 Å². The van der Waals surface area contributed by atoms with Crippen molar-refractivity contribution in [2.45, 2.75) is 31.0 Å². The maximum atomic E-state index is 13.8. The number of hydrogen-bond donors (Lipinski definition) is 2. The predicted octanol–water partition coefficient (Wildman–Crippen LogP) is 1.96. The Morgan fingerprint density at radius 1 is 1.22 bits per heavy atom. The van der Waals surface area contributed by atoms with E-state index in [-0.39, 0.29) is 17.6 Å². The Hall–Kier alpha value is -0.970. The molecule has 2 heterocycles. The van der Waals surface area contributed by atoms with Crippen molar-refractivity contribution in [1.82, 2.24) is 10.6 Å². The second kappa shape index (κ2) is 4.96. The van der Waals surface area contributed by atoms with Crippen LogP contribution in [0, 0.1) is 5.82 Å². The molecule has 1 unspecified atom stereocenters. The number of rotatable bonds is 1. The first-order chi connectivity index (χ1) is 8.79. The van der Waals surface area contributed by atoms with Crippen molar-refractivity contribution in [3.63, 3.8) is 0 Å². The maximum absolute atomic E-state index is 13.8. The standard InChI is InChI=1S/C14H19FN2O/c15-12-4-2-1-3-11(12)13-5-10-18-14(17-13)6-8-16-9-7-14/h1-4,13,16-17H,5-10H2. The summed E-state index contributed by atoms with van der Waals surface area (Å²) in [5.74, 6) is -0.124. The predicted molar refractivity (Wildman–Crippen MR) is 67.7 cm³/mol. The van der Waals surface area contributed by atoms with Gasteiger partial charge in [0.1, 0.15) is 11.5 Å². The SMILES string of the molecule is Fc1ccccc1C1CCOC2(CCNCC2)N1. The second-order valence-electron chi connectivity index (χ2n) is 5.10. The van der Waals surface area contributed by atoms with E-state index >= 15 is 0 Å². The third-order valence-electron chi connectivity index (χ3n) is 3.91. The van der Waals surface area contributed by atoms with Crippen molar-refractivity contribution < 1.29 is 9.13 Å². The Kier molecular flexibility index (Phi) is 3.33. The van der Waals surface area contributed by atoms with Crippen LogP contribution in [0.5, 0.6) is 0 Å². The Morgan fingerprint density at radius 3 is 2.78 bits per heavy atom. The van der Waals surface area contributed by atoms with Crippen molar-refractivity contribution in [2.75, 3.05) is 19.7 Å². The smallest absolute Gasteiger partial charge is 0.127 e. The van der Waals surface area contributed by atoms with E-state index < -0.39 is 0 Å². The van der Waals surface area contributed by atoms with Gasteiger partial charge in [0.2, 0.25) is 0 Å². The fourth-order valence-corrected chi connectivity index (χ4v) is 2.91. The molecule has 2 N–H and O–H groups in total. The molecule has 0 amide bonds. The van der Waals surface area contributed by atoms with Gasteiger partial charge in [-0.2, -0.15) is 0 Å².